The topological polar surface area (TPSA) is 105 Å². The van der Waals surface area contributed by atoms with Gasteiger partial charge in [0, 0.05) is 29.9 Å². The second-order valence-corrected chi connectivity index (χ2v) is 5.17. The number of rotatable bonds is 4. The highest BCUT2D eigenvalue weighted by Gasteiger charge is 2.09. The van der Waals surface area contributed by atoms with E-state index in [9.17, 15) is 10.1 Å². The van der Waals surface area contributed by atoms with Gasteiger partial charge in [-0.05, 0) is 18.2 Å². The van der Waals surface area contributed by atoms with Crippen molar-refractivity contribution in [1.29, 1.82) is 0 Å². The Morgan fingerprint density at radius 1 is 1.17 bits per heavy atom. The maximum atomic E-state index is 10.7. The van der Waals surface area contributed by atoms with Crippen LogP contribution in [0.4, 0.5) is 5.69 Å². The molecule has 0 N–H and O–H groups in total. The summed E-state index contributed by atoms with van der Waals surface area (Å²) in [5.41, 5.74) is 2.33. The first-order chi connectivity index (χ1) is 11.7. The van der Waals surface area contributed by atoms with Crippen molar-refractivity contribution in [3.63, 3.8) is 0 Å². The van der Waals surface area contributed by atoms with Crippen LogP contribution in [0, 0.1) is 10.1 Å². The zero-order valence-corrected chi connectivity index (χ0v) is 12.4. The molecule has 4 aromatic rings. The van der Waals surface area contributed by atoms with Crippen molar-refractivity contribution in [3.8, 4) is 5.69 Å². The number of hydrogen-bond acceptors (Lipinski definition) is 6. The predicted molar refractivity (Wildman–Crippen MR) is 84.6 cm³/mol. The molecule has 118 valence electrons. The van der Waals surface area contributed by atoms with E-state index in [0.717, 1.165) is 16.7 Å². The van der Waals surface area contributed by atoms with Gasteiger partial charge in [0.2, 0.25) is 0 Å². The molecule has 3 heterocycles. The molecule has 1 aromatic carbocycles. The van der Waals surface area contributed by atoms with Crippen LogP contribution >= 0.6 is 0 Å². The van der Waals surface area contributed by atoms with Gasteiger partial charge in [-0.25, -0.2) is 14.6 Å². The van der Waals surface area contributed by atoms with E-state index in [4.69, 9.17) is 0 Å². The Bertz CT molecular complexity index is 1020. The Labute approximate surface area is 135 Å². The van der Waals surface area contributed by atoms with Crippen molar-refractivity contribution in [2.24, 2.45) is 0 Å². The average molecular weight is 321 g/mol. The van der Waals surface area contributed by atoms with Gasteiger partial charge in [0.15, 0.2) is 0 Å². The van der Waals surface area contributed by atoms with E-state index in [-0.39, 0.29) is 5.69 Å². The lowest BCUT2D eigenvalue weighted by Gasteiger charge is -2.01. The highest BCUT2D eigenvalue weighted by Crippen LogP contribution is 2.16. The molecule has 0 fully saturated rings. The van der Waals surface area contributed by atoms with Gasteiger partial charge in [0.05, 0.1) is 23.4 Å². The number of benzene rings is 1. The highest BCUT2D eigenvalue weighted by molar-refractivity contribution is 5.74. The van der Waals surface area contributed by atoms with Gasteiger partial charge in [-0.2, -0.15) is 0 Å². The number of fused-ring (bicyclic) bond motifs is 1. The fourth-order valence-electron chi connectivity index (χ4n) is 2.46. The summed E-state index contributed by atoms with van der Waals surface area (Å²) in [5, 5.41) is 19.9. The Morgan fingerprint density at radius 3 is 2.79 bits per heavy atom. The van der Waals surface area contributed by atoms with Crippen LogP contribution in [-0.2, 0) is 6.54 Å². The third-order valence-electron chi connectivity index (χ3n) is 3.62. The minimum absolute atomic E-state index is 0.0394. The minimum Gasteiger partial charge on any atom is -0.326 e. The number of hydrogen-bond donors (Lipinski definition) is 0. The fourth-order valence-corrected chi connectivity index (χ4v) is 2.46. The smallest absolute Gasteiger partial charge is 0.269 e. The average Bonchev–Trinajstić information content (AvgIpc) is 3.23. The van der Waals surface area contributed by atoms with E-state index in [2.05, 4.69) is 20.3 Å². The Morgan fingerprint density at radius 2 is 2.00 bits per heavy atom. The monoisotopic (exact) mass is 321 g/mol. The molecule has 24 heavy (non-hydrogen) atoms. The summed E-state index contributed by atoms with van der Waals surface area (Å²) in [5.74, 6) is 0. The first-order valence-corrected chi connectivity index (χ1v) is 7.11. The van der Waals surface area contributed by atoms with Gasteiger partial charge in [0.25, 0.3) is 5.69 Å². The number of non-ortho nitro benzene ring substituents is 1. The lowest BCUT2D eigenvalue weighted by molar-refractivity contribution is -0.384. The first-order valence-electron chi connectivity index (χ1n) is 7.11. The number of nitro groups is 1. The standard InChI is InChI=1S/C15H11N7O2/c23-22(24)14-3-1-13(2-4-14)21-9-12(18-19-21)8-20-6-5-11-7-16-10-17-15(11)20/h1-7,9-10H,8H2. The van der Waals surface area contributed by atoms with Crippen molar-refractivity contribution >= 4 is 16.7 Å². The summed E-state index contributed by atoms with van der Waals surface area (Å²) in [6.07, 6.45) is 6.97. The van der Waals surface area contributed by atoms with Crippen molar-refractivity contribution in [3.05, 3.63) is 71.1 Å². The molecule has 0 aliphatic carbocycles. The van der Waals surface area contributed by atoms with Crippen molar-refractivity contribution in [1.82, 2.24) is 29.5 Å². The minimum atomic E-state index is -0.435. The van der Waals surface area contributed by atoms with Gasteiger partial charge in [-0.3, -0.25) is 10.1 Å². The van der Waals surface area contributed by atoms with Crippen LogP contribution in [0.15, 0.2) is 55.2 Å². The van der Waals surface area contributed by atoms with Crippen LogP contribution in [0.1, 0.15) is 5.69 Å². The third-order valence-corrected chi connectivity index (χ3v) is 3.62. The summed E-state index contributed by atoms with van der Waals surface area (Å²) >= 11 is 0. The van der Waals surface area contributed by atoms with Crippen molar-refractivity contribution in [2.45, 2.75) is 6.54 Å². The molecule has 0 radical (unpaired) electrons. The zero-order chi connectivity index (χ0) is 16.5. The van der Waals surface area contributed by atoms with Gasteiger partial charge in [-0.15, -0.1) is 5.10 Å². The van der Waals surface area contributed by atoms with E-state index in [1.165, 1.54) is 18.5 Å². The SMILES string of the molecule is O=[N+]([O-])c1ccc(-n2cc(Cn3ccc4cncnc43)nn2)cc1. The van der Waals surface area contributed by atoms with E-state index < -0.39 is 4.92 Å². The molecule has 9 nitrogen and oxygen atoms in total. The summed E-state index contributed by atoms with van der Waals surface area (Å²) in [6, 6.07) is 8.08. The number of nitro benzene ring substituents is 1. The van der Waals surface area contributed by atoms with Crippen LogP contribution in [0.2, 0.25) is 0 Å². The van der Waals surface area contributed by atoms with Crippen LogP contribution < -0.4 is 0 Å². The molecule has 0 aliphatic heterocycles. The molecule has 4 rings (SSSR count). The molecule has 0 saturated carbocycles. The molecule has 0 aliphatic rings. The summed E-state index contributed by atoms with van der Waals surface area (Å²) < 4.78 is 3.54. The first kappa shape index (κ1) is 14.0. The number of aromatic nitrogens is 6. The second-order valence-electron chi connectivity index (χ2n) is 5.17. The zero-order valence-electron chi connectivity index (χ0n) is 12.4. The molecular formula is C15H11N7O2. The molecule has 9 heteroatoms. The molecular weight excluding hydrogens is 310 g/mol. The van der Waals surface area contributed by atoms with Crippen LogP contribution in [0.25, 0.3) is 16.7 Å². The summed E-state index contributed by atoms with van der Waals surface area (Å²) in [6.45, 7) is 0.521. The van der Waals surface area contributed by atoms with Gasteiger partial charge in [-0.1, -0.05) is 5.21 Å². The molecule has 0 atom stereocenters. The molecule has 0 amide bonds. The summed E-state index contributed by atoms with van der Waals surface area (Å²) in [4.78, 5) is 18.5. The lowest BCUT2D eigenvalue weighted by atomic mass is 10.3. The normalized spacial score (nSPS) is 11.0. The lowest BCUT2D eigenvalue weighted by Crippen LogP contribution is -1.99. The molecule has 3 aromatic heterocycles. The van der Waals surface area contributed by atoms with E-state index in [1.807, 2.05) is 16.8 Å². The molecule has 0 unspecified atom stereocenters. The summed E-state index contributed by atoms with van der Waals surface area (Å²) in [7, 11) is 0. The van der Waals surface area contributed by atoms with Crippen molar-refractivity contribution < 1.29 is 4.92 Å². The molecule has 0 spiro atoms. The maximum Gasteiger partial charge on any atom is 0.269 e. The molecule has 0 saturated heterocycles. The Kier molecular flexibility index (Phi) is 3.23. The van der Waals surface area contributed by atoms with Gasteiger partial charge in [0.1, 0.15) is 17.7 Å². The number of nitrogens with zero attached hydrogens (tertiary/aromatic N) is 7. The third kappa shape index (κ3) is 2.47. The second kappa shape index (κ2) is 5.54. The van der Waals surface area contributed by atoms with E-state index in [1.54, 1.807) is 29.2 Å². The maximum absolute atomic E-state index is 10.7. The van der Waals surface area contributed by atoms with Gasteiger partial charge < -0.3 is 4.57 Å². The van der Waals surface area contributed by atoms with E-state index in [0.29, 0.717) is 12.2 Å². The largest absolute Gasteiger partial charge is 0.326 e. The Hall–Kier alpha value is -3.62. The predicted octanol–water partition coefficient (Wildman–Crippen LogP) is 1.97. The fraction of sp³-hybridized carbons (Fsp3) is 0.0667. The van der Waals surface area contributed by atoms with Crippen molar-refractivity contribution in [2.75, 3.05) is 0 Å². The van der Waals surface area contributed by atoms with Crippen LogP contribution in [0.5, 0.6) is 0 Å². The van der Waals surface area contributed by atoms with E-state index >= 15 is 0 Å². The van der Waals surface area contributed by atoms with Crippen LogP contribution in [0.3, 0.4) is 0 Å². The quantitative estimate of drug-likeness (QED) is 0.420. The van der Waals surface area contributed by atoms with Gasteiger partial charge >= 0.3 is 0 Å². The Balaban J connectivity index is 1.59. The van der Waals surface area contributed by atoms with Crippen LogP contribution in [-0.4, -0.2) is 34.5 Å². The highest BCUT2D eigenvalue weighted by atomic mass is 16.6. The molecule has 0 bridgehead atoms.